The second-order valence-electron chi connectivity index (χ2n) is 13.1. The predicted molar refractivity (Wildman–Crippen MR) is 190 cm³/mol. The van der Waals surface area contributed by atoms with E-state index in [-0.39, 0.29) is 48.6 Å². The van der Waals surface area contributed by atoms with Crippen LogP contribution in [-0.4, -0.2) is 76.1 Å². The number of benzene rings is 2. The van der Waals surface area contributed by atoms with Crippen LogP contribution in [0.3, 0.4) is 0 Å². The molecule has 9 heteroatoms. The maximum Gasteiger partial charge on any atom is 0.251 e. The van der Waals surface area contributed by atoms with E-state index in [0.29, 0.717) is 24.5 Å². The molecule has 0 aromatic heterocycles. The number of likely N-dealkylation sites (tertiary alicyclic amines) is 1. The molecule has 2 bridgehead atoms. The molecule has 1 N–H and O–H groups in total. The number of aliphatic hydroxyl groups excluding tert-OH is 1. The third kappa shape index (κ3) is 6.01. The van der Waals surface area contributed by atoms with Crippen molar-refractivity contribution in [3.8, 4) is 5.75 Å². The largest absolute Gasteiger partial charge is 0.494 e. The molecule has 2 unspecified atom stereocenters. The molecule has 0 radical (unpaired) electrons. The number of fused-ring (bicyclic) bond motifs is 1. The molecule has 2 aromatic rings. The van der Waals surface area contributed by atoms with E-state index < -0.39 is 28.7 Å². The predicted octanol–water partition coefficient (Wildman–Crippen LogP) is 5.94. The Hall–Kier alpha value is -3.56. The number of nitrogens with zero attached hydrogens (tertiary/aromatic N) is 3. The van der Waals surface area contributed by atoms with Crippen molar-refractivity contribution in [3.63, 3.8) is 0 Å². The van der Waals surface area contributed by atoms with Crippen LogP contribution in [0, 0.1) is 31.6 Å². The van der Waals surface area contributed by atoms with E-state index >= 15 is 4.79 Å². The lowest BCUT2D eigenvalue weighted by atomic mass is 9.70. The molecule has 3 heterocycles. The first-order valence-corrected chi connectivity index (χ1v) is 17.7. The van der Waals surface area contributed by atoms with E-state index in [1.54, 1.807) is 38.6 Å². The van der Waals surface area contributed by atoms with Gasteiger partial charge in [0.2, 0.25) is 11.8 Å². The van der Waals surface area contributed by atoms with Crippen LogP contribution in [-0.2, 0) is 14.4 Å². The van der Waals surface area contributed by atoms with Crippen molar-refractivity contribution in [2.24, 2.45) is 17.8 Å². The van der Waals surface area contributed by atoms with E-state index in [9.17, 15) is 14.7 Å². The summed E-state index contributed by atoms with van der Waals surface area (Å²) in [6.45, 7) is 18.6. The third-order valence-electron chi connectivity index (χ3n) is 10.4. The Morgan fingerprint density at radius 3 is 2.38 bits per heavy atom. The molecular formula is C38H49N3O5S. The highest BCUT2D eigenvalue weighted by atomic mass is 32.2. The van der Waals surface area contributed by atoms with Crippen molar-refractivity contribution in [2.75, 3.05) is 36.1 Å². The SMILES string of the molecule is C=CCN(C(=O)[C@@H]1[C@H]2C(=O)N([C@@H](CO)[C@@H](C)CC)C(C(=O)N(CC=C)c3cc(C)ccc3C)C23CC[C@H]1S3)c1ccc(OCC)cc1. The number of anilines is 2. The number of thioether (sulfide) groups is 1. The molecule has 3 saturated heterocycles. The van der Waals surface area contributed by atoms with Crippen molar-refractivity contribution in [1.82, 2.24) is 4.90 Å². The normalized spacial score (nSPS) is 25.7. The van der Waals surface area contributed by atoms with E-state index in [2.05, 4.69) is 13.2 Å². The average Bonchev–Trinajstić information content (AvgIpc) is 3.71. The first kappa shape index (κ1) is 34.8. The average molecular weight is 660 g/mol. The Morgan fingerprint density at radius 2 is 1.77 bits per heavy atom. The number of aryl methyl sites for hydroxylation is 2. The number of hydrogen-bond acceptors (Lipinski definition) is 6. The van der Waals surface area contributed by atoms with Crippen LogP contribution in [0.15, 0.2) is 67.8 Å². The van der Waals surface area contributed by atoms with Gasteiger partial charge in [-0.05, 0) is 81.0 Å². The maximum atomic E-state index is 15.1. The highest BCUT2D eigenvalue weighted by Gasteiger charge is 2.75. The Bertz CT molecular complexity index is 1510. The number of amides is 3. The summed E-state index contributed by atoms with van der Waals surface area (Å²) in [5, 5.41) is 10.7. The fourth-order valence-corrected chi connectivity index (χ4v) is 10.1. The molecule has 0 aliphatic carbocycles. The molecule has 5 rings (SSSR count). The van der Waals surface area contributed by atoms with Crippen molar-refractivity contribution in [3.05, 3.63) is 78.9 Å². The van der Waals surface area contributed by atoms with Gasteiger partial charge < -0.3 is 24.5 Å². The molecular weight excluding hydrogens is 611 g/mol. The monoisotopic (exact) mass is 659 g/mol. The summed E-state index contributed by atoms with van der Waals surface area (Å²) >= 11 is 1.64. The molecule has 3 fully saturated rings. The molecule has 7 atom stereocenters. The van der Waals surface area contributed by atoms with Crippen LogP contribution in [0.5, 0.6) is 5.75 Å². The zero-order valence-corrected chi connectivity index (χ0v) is 29.2. The molecule has 3 aliphatic heterocycles. The number of rotatable bonds is 14. The standard InChI is InChI=1S/C38H49N3O5S/c1-8-20-39(27-14-16-28(17-15-27)46-11-4)35(43)32-31-18-19-38(47-31)33(32)36(44)41(30(23-42)25(6)10-3)34(38)37(45)40(21-9-2)29-22-24(5)12-13-26(29)7/h8-9,12-17,22,25,30-34,42H,1-2,10-11,18-21,23H2,3-7H3/t25-,30-,31+,32-,33-,34?,38?/m0/s1. The van der Waals surface area contributed by atoms with Crippen molar-refractivity contribution in [1.29, 1.82) is 0 Å². The van der Waals surface area contributed by atoms with Gasteiger partial charge in [0.15, 0.2) is 0 Å². The fraction of sp³-hybridized carbons (Fsp3) is 0.500. The maximum absolute atomic E-state index is 15.1. The first-order chi connectivity index (χ1) is 22.6. The lowest BCUT2D eigenvalue weighted by molar-refractivity contribution is -0.143. The fourth-order valence-electron chi connectivity index (χ4n) is 7.94. The zero-order valence-electron chi connectivity index (χ0n) is 28.4. The van der Waals surface area contributed by atoms with E-state index in [1.807, 2.05) is 77.1 Å². The van der Waals surface area contributed by atoms with E-state index in [4.69, 9.17) is 4.74 Å². The molecule has 47 heavy (non-hydrogen) atoms. The van der Waals surface area contributed by atoms with Crippen LogP contribution < -0.4 is 14.5 Å². The molecule has 0 saturated carbocycles. The molecule has 252 valence electrons. The number of hydrogen-bond donors (Lipinski definition) is 1. The van der Waals surface area contributed by atoms with Crippen LogP contribution in [0.2, 0.25) is 0 Å². The van der Waals surface area contributed by atoms with Gasteiger partial charge in [0.25, 0.3) is 5.91 Å². The summed E-state index contributed by atoms with van der Waals surface area (Å²) in [4.78, 5) is 49.8. The molecule has 1 spiro atoms. The number of carbonyl (C=O) groups is 3. The van der Waals surface area contributed by atoms with Gasteiger partial charge in [-0.2, -0.15) is 0 Å². The second kappa shape index (κ2) is 14.3. The van der Waals surface area contributed by atoms with Gasteiger partial charge in [-0.25, -0.2) is 0 Å². The smallest absolute Gasteiger partial charge is 0.251 e. The molecule has 2 aromatic carbocycles. The number of ether oxygens (including phenoxy) is 1. The second-order valence-corrected chi connectivity index (χ2v) is 14.7. The van der Waals surface area contributed by atoms with Gasteiger partial charge in [0.1, 0.15) is 11.8 Å². The zero-order chi connectivity index (χ0) is 34.0. The lowest BCUT2D eigenvalue weighted by Crippen LogP contribution is -2.59. The highest BCUT2D eigenvalue weighted by molar-refractivity contribution is 8.02. The van der Waals surface area contributed by atoms with E-state index in [1.165, 1.54) is 0 Å². The number of carbonyl (C=O) groups excluding carboxylic acids is 3. The van der Waals surface area contributed by atoms with Crippen molar-refractivity contribution >= 4 is 40.9 Å². The Balaban J connectivity index is 1.61. The minimum atomic E-state index is -0.836. The summed E-state index contributed by atoms with van der Waals surface area (Å²) in [5.74, 6) is -1.18. The van der Waals surface area contributed by atoms with Gasteiger partial charge in [-0.15, -0.1) is 24.9 Å². The summed E-state index contributed by atoms with van der Waals surface area (Å²) < 4.78 is 4.83. The summed E-state index contributed by atoms with van der Waals surface area (Å²) in [7, 11) is 0. The molecule has 3 amide bonds. The van der Waals surface area contributed by atoms with Crippen molar-refractivity contribution < 1.29 is 24.2 Å². The summed E-state index contributed by atoms with van der Waals surface area (Å²) in [6.07, 6.45) is 5.51. The minimum Gasteiger partial charge on any atom is -0.494 e. The lowest BCUT2D eigenvalue weighted by Gasteiger charge is -2.41. The van der Waals surface area contributed by atoms with Gasteiger partial charge in [-0.3, -0.25) is 14.4 Å². The Kier molecular flexibility index (Phi) is 10.6. The minimum absolute atomic E-state index is 0.0551. The van der Waals surface area contributed by atoms with Crippen LogP contribution in [0.4, 0.5) is 11.4 Å². The number of aliphatic hydroxyl groups is 1. The molecule has 3 aliphatic rings. The molecule has 8 nitrogen and oxygen atoms in total. The van der Waals surface area contributed by atoms with Crippen LogP contribution >= 0.6 is 11.8 Å². The Labute approximate surface area is 283 Å². The topological polar surface area (TPSA) is 90.4 Å². The Morgan fingerprint density at radius 1 is 1.09 bits per heavy atom. The van der Waals surface area contributed by atoms with Gasteiger partial charge in [0, 0.05) is 29.7 Å². The van der Waals surface area contributed by atoms with Gasteiger partial charge >= 0.3 is 0 Å². The summed E-state index contributed by atoms with van der Waals surface area (Å²) in [6, 6.07) is 12.0. The van der Waals surface area contributed by atoms with Crippen LogP contribution in [0.1, 0.15) is 51.2 Å². The van der Waals surface area contributed by atoms with Crippen LogP contribution in [0.25, 0.3) is 0 Å². The van der Waals surface area contributed by atoms with Gasteiger partial charge in [0.05, 0.1) is 35.8 Å². The van der Waals surface area contributed by atoms with Crippen molar-refractivity contribution in [2.45, 2.75) is 76.0 Å². The third-order valence-corrected chi connectivity index (χ3v) is 12.3. The summed E-state index contributed by atoms with van der Waals surface area (Å²) in [5.41, 5.74) is 3.46. The van der Waals surface area contributed by atoms with Gasteiger partial charge in [-0.1, -0.05) is 44.6 Å². The highest BCUT2D eigenvalue weighted by Crippen LogP contribution is 2.67. The van der Waals surface area contributed by atoms with E-state index in [0.717, 1.165) is 29.7 Å². The first-order valence-electron chi connectivity index (χ1n) is 16.8. The quantitative estimate of drug-likeness (QED) is 0.253.